The fourth-order valence-electron chi connectivity index (χ4n) is 2.29. The maximum Gasteiger partial charge on any atom is 0.321 e. The number of urea groups is 1. The predicted octanol–water partition coefficient (Wildman–Crippen LogP) is 3.00. The van der Waals surface area contributed by atoms with Crippen LogP contribution in [0.2, 0.25) is 0 Å². The molecule has 0 bridgehead atoms. The van der Waals surface area contributed by atoms with Gasteiger partial charge in [-0.3, -0.25) is 4.98 Å². The van der Waals surface area contributed by atoms with Gasteiger partial charge < -0.3 is 10.2 Å². The lowest BCUT2D eigenvalue weighted by Crippen LogP contribution is -2.30. The normalized spacial score (nSPS) is 10.6. The predicted molar refractivity (Wildman–Crippen MR) is 93.4 cm³/mol. The summed E-state index contributed by atoms with van der Waals surface area (Å²) in [5.41, 5.74) is 2.50. The maximum atomic E-state index is 12.3. The van der Waals surface area contributed by atoms with Crippen LogP contribution in [-0.2, 0) is 6.54 Å². The molecular formula is C16H18N6OS. The van der Waals surface area contributed by atoms with Gasteiger partial charge in [0.05, 0.1) is 6.54 Å². The van der Waals surface area contributed by atoms with E-state index in [1.807, 2.05) is 38.2 Å². The lowest BCUT2D eigenvalue weighted by molar-refractivity contribution is 0.221. The van der Waals surface area contributed by atoms with Gasteiger partial charge >= 0.3 is 6.03 Å². The Morgan fingerprint density at radius 3 is 2.75 bits per heavy atom. The fourth-order valence-corrected chi connectivity index (χ4v) is 3.19. The topological polar surface area (TPSA) is 75.9 Å². The summed E-state index contributed by atoms with van der Waals surface area (Å²) in [6.07, 6.45) is 5.32. The highest BCUT2D eigenvalue weighted by molar-refractivity contribution is 7.14. The van der Waals surface area contributed by atoms with E-state index >= 15 is 0 Å². The Morgan fingerprint density at radius 2 is 2.08 bits per heavy atom. The molecule has 3 heterocycles. The first kappa shape index (κ1) is 16.1. The molecule has 8 heteroatoms. The van der Waals surface area contributed by atoms with Gasteiger partial charge in [-0.15, -0.1) is 0 Å². The molecular weight excluding hydrogens is 324 g/mol. The number of carbonyl (C=O) groups excluding carboxylic acids is 1. The average molecular weight is 342 g/mol. The van der Waals surface area contributed by atoms with Crippen LogP contribution in [0, 0.1) is 13.8 Å². The van der Waals surface area contributed by atoms with E-state index in [2.05, 4.69) is 20.4 Å². The molecule has 0 fully saturated rings. The van der Waals surface area contributed by atoms with Crippen LogP contribution in [0.1, 0.15) is 16.3 Å². The molecule has 0 saturated carbocycles. The van der Waals surface area contributed by atoms with E-state index in [1.165, 1.54) is 11.3 Å². The number of thiazole rings is 1. The van der Waals surface area contributed by atoms with Crippen LogP contribution in [0.3, 0.4) is 0 Å². The van der Waals surface area contributed by atoms with Gasteiger partial charge in [0, 0.05) is 47.6 Å². The number of hydrogen-bond donors (Lipinski definition) is 1. The average Bonchev–Trinajstić information content (AvgIpc) is 3.16. The highest BCUT2D eigenvalue weighted by Gasteiger charge is 2.12. The third-order valence-corrected chi connectivity index (χ3v) is 4.29. The van der Waals surface area contributed by atoms with Crippen molar-refractivity contribution in [1.82, 2.24) is 24.6 Å². The summed E-state index contributed by atoms with van der Waals surface area (Å²) in [6.45, 7) is 4.29. The summed E-state index contributed by atoms with van der Waals surface area (Å²) < 4.78 is 1.71. The number of aryl methyl sites for hydroxylation is 2. The summed E-state index contributed by atoms with van der Waals surface area (Å²) in [5.74, 6) is 0. The maximum absolute atomic E-state index is 12.3. The highest BCUT2D eigenvalue weighted by atomic mass is 32.1. The van der Waals surface area contributed by atoms with Crippen LogP contribution in [-0.4, -0.2) is 37.7 Å². The summed E-state index contributed by atoms with van der Waals surface area (Å²) in [6, 6.07) is 5.37. The van der Waals surface area contributed by atoms with Crippen molar-refractivity contribution >= 4 is 23.1 Å². The minimum absolute atomic E-state index is 0.172. The number of rotatable bonds is 4. The van der Waals surface area contributed by atoms with Crippen LogP contribution < -0.4 is 5.32 Å². The van der Waals surface area contributed by atoms with Gasteiger partial charge in [-0.2, -0.15) is 5.10 Å². The molecule has 0 unspecified atom stereocenters. The number of anilines is 1. The highest BCUT2D eigenvalue weighted by Crippen LogP contribution is 2.18. The zero-order valence-corrected chi connectivity index (χ0v) is 14.5. The van der Waals surface area contributed by atoms with Crippen LogP contribution in [0.4, 0.5) is 10.5 Å². The third kappa shape index (κ3) is 3.77. The summed E-state index contributed by atoms with van der Waals surface area (Å²) in [5, 5.41) is 7.83. The van der Waals surface area contributed by atoms with Crippen LogP contribution in [0.5, 0.6) is 0 Å². The van der Waals surface area contributed by atoms with Gasteiger partial charge in [-0.1, -0.05) is 11.3 Å². The number of pyridine rings is 1. The zero-order chi connectivity index (χ0) is 17.1. The van der Waals surface area contributed by atoms with E-state index in [1.54, 1.807) is 29.0 Å². The van der Waals surface area contributed by atoms with E-state index < -0.39 is 0 Å². The zero-order valence-electron chi connectivity index (χ0n) is 13.7. The number of amides is 2. The molecule has 3 aromatic rings. The Morgan fingerprint density at radius 1 is 1.33 bits per heavy atom. The first-order valence-corrected chi connectivity index (χ1v) is 8.25. The minimum Gasteiger partial charge on any atom is -0.322 e. The molecule has 0 atom stereocenters. The molecule has 0 aliphatic carbocycles. The molecule has 0 spiro atoms. The van der Waals surface area contributed by atoms with Crippen molar-refractivity contribution < 1.29 is 4.79 Å². The number of hydrogen-bond acceptors (Lipinski definition) is 5. The van der Waals surface area contributed by atoms with Crippen molar-refractivity contribution in [2.45, 2.75) is 20.4 Å². The lowest BCUT2D eigenvalue weighted by Gasteiger charge is -2.17. The van der Waals surface area contributed by atoms with E-state index in [0.29, 0.717) is 6.54 Å². The fraction of sp³-hybridized carbons (Fsp3) is 0.250. The second-order valence-electron chi connectivity index (χ2n) is 5.48. The molecule has 124 valence electrons. The number of carbonyl (C=O) groups is 1. The second kappa shape index (κ2) is 6.79. The van der Waals surface area contributed by atoms with Gasteiger partial charge in [0.15, 0.2) is 0 Å². The Kier molecular flexibility index (Phi) is 4.57. The molecule has 24 heavy (non-hydrogen) atoms. The monoisotopic (exact) mass is 342 g/mol. The van der Waals surface area contributed by atoms with Crippen LogP contribution in [0.25, 0.3) is 5.13 Å². The molecule has 3 aromatic heterocycles. The Hall–Kier alpha value is -2.74. The molecule has 3 rings (SSSR count). The van der Waals surface area contributed by atoms with Crippen molar-refractivity contribution in [2.24, 2.45) is 0 Å². The van der Waals surface area contributed by atoms with E-state index in [-0.39, 0.29) is 6.03 Å². The minimum atomic E-state index is -0.172. The van der Waals surface area contributed by atoms with Gasteiger partial charge in [-0.05, 0) is 32.0 Å². The first-order chi connectivity index (χ1) is 11.5. The molecule has 2 amide bonds. The van der Waals surface area contributed by atoms with Gasteiger partial charge in [0.1, 0.15) is 0 Å². The standard InChI is InChI=1S/C16H18N6OS/c1-11-7-13(8-12(2)19-11)20-15(23)21(3)10-14-9-17-16(24-14)22-6-4-5-18-22/h4-9H,10H2,1-3H3,(H,19,20,23). The summed E-state index contributed by atoms with van der Waals surface area (Å²) in [4.78, 5) is 23.6. The smallest absolute Gasteiger partial charge is 0.321 e. The van der Waals surface area contributed by atoms with E-state index in [0.717, 1.165) is 27.1 Å². The summed E-state index contributed by atoms with van der Waals surface area (Å²) in [7, 11) is 1.75. The van der Waals surface area contributed by atoms with Crippen molar-refractivity contribution in [3.63, 3.8) is 0 Å². The Bertz CT molecular complexity index is 822. The van der Waals surface area contributed by atoms with Crippen molar-refractivity contribution in [2.75, 3.05) is 12.4 Å². The van der Waals surface area contributed by atoms with Gasteiger partial charge in [0.25, 0.3) is 0 Å². The molecule has 0 aliphatic rings. The lowest BCUT2D eigenvalue weighted by atomic mass is 10.3. The first-order valence-electron chi connectivity index (χ1n) is 7.43. The molecule has 7 nitrogen and oxygen atoms in total. The number of nitrogens with zero attached hydrogens (tertiary/aromatic N) is 5. The van der Waals surface area contributed by atoms with Gasteiger partial charge in [-0.25, -0.2) is 14.5 Å². The quantitative estimate of drug-likeness (QED) is 0.791. The third-order valence-electron chi connectivity index (χ3n) is 3.31. The number of nitrogens with one attached hydrogen (secondary N) is 1. The molecule has 0 aromatic carbocycles. The van der Waals surface area contributed by atoms with Crippen LogP contribution >= 0.6 is 11.3 Å². The van der Waals surface area contributed by atoms with Crippen molar-refractivity contribution in [1.29, 1.82) is 0 Å². The second-order valence-corrected chi connectivity index (χ2v) is 6.58. The van der Waals surface area contributed by atoms with Crippen molar-refractivity contribution in [3.8, 4) is 5.13 Å². The summed E-state index contributed by atoms with van der Waals surface area (Å²) >= 11 is 1.51. The Balaban J connectivity index is 1.64. The largest absolute Gasteiger partial charge is 0.322 e. The van der Waals surface area contributed by atoms with Crippen LogP contribution in [0.15, 0.2) is 36.8 Å². The molecule has 0 saturated heterocycles. The number of aromatic nitrogens is 4. The SMILES string of the molecule is Cc1cc(NC(=O)N(C)Cc2cnc(-n3cccn3)s2)cc(C)n1. The molecule has 0 radical (unpaired) electrons. The van der Waals surface area contributed by atoms with Gasteiger partial charge in [0.2, 0.25) is 5.13 Å². The van der Waals surface area contributed by atoms with Crippen molar-refractivity contribution in [3.05, 3.63) is 53.1 Å². The molecule has 0 aliphatic heterocycles. The Labute approximate surface area is 144 Å². The van der Waals surface area contributed by atoms with E-state index in [9.17, 15) is 4.79 Å². The molecule has 1 N–H and O–H groups in total. The van der Waals surface area contributed by atoms with E-state index in [4.69, 9.17) is 0 Å².